The SMILES string of the molecule is CCC1(C)CCN(C(CN)c2ccccc2C2CC2)CC1. The molecule has 0 spiro atoms. The first-order valence-electron chi connectivity index (χ1n) is 8.70. The molecule has 1 aromatic carbocycles. The molecule has 0 amide bonds. The van der Waals surface area contributed by atoms with Crippen molar-refractivity contribution >= 4 is 0 Å². The van der Waals surface area contributed by atoms with E-state index in [1.54, 1.807) is 5.56 Å². The summed E-state index contributed by atoms with van der Waals surface area (Å²) in [6.07, 6.45) is 6.65. The van der Waals surface area contributed by atoms with Gasteiger partial charge in [-0.1, -0.05) is 44.5 Å². The molecule has 21 heavy (non-hydrogen) atoms. The molecule has 0 aromatic heterocycles. The van der Waals surface area contributed by atoms with Gasteiger partial charge in [-0.2, -0.15) is 0 Å². The van der Waals surface area contributed by atoms with Crippen LogP contribution < -0.4 is 5.73 Å². The molecule has 2 nitrogen and oxygen atoms in total. The maximum atomic E-state index is 6.18. The molecule has 1 heterocycles. The number of nitrogens with zero attached hydrogens (tertiary/aromatic N) is 1. The number of benzene rings is 1. The first-order valence-corrected chi connectivity index (χ1v) is 8.70. The summed E-state index contributed by atoms with van der Waals surface area (Å²) in [5.41, 5.74) is 9.80. The van der Waals surface area contributed by atoms with Gasteiger partial charge < -0.3 is 5.73 Å². The molecule has 1 unspecified atom stereocenters. The first-order chi connectivity index (χ1) is 10.2. The van der Waals surface area contributed by atoms with Gasteiger partial charge in [0.1, 0.15) is 0 Å². The molecule has 1 saturated heterocycles. The van der Waals surface area contributed by atoms with Crippen LogP contribution in [0, 0.1) is 5.41 Å². The van der Waals surface area contributed by atoms with Gasteiger partial charge in [-0.3, -0.25) is 4.90 Å². The van der Waals surface area contributed by atoms with Crippen molar-refractivity contribution in [3.8, 4) is 0 Å². The Balaban J connectivity index is 1.77. The molecular formula is C19H30N2. The van der Waals surface area contributed by atoms with Crippen LogP contribution in [0.1, 0.15) is 69.0 Å². The molecule has 1 atom stereocenters. The van der Waals surface area contributed by atoms with Crippen molar-refractivity contribution in [2.75, 3.05) is 19.6 Å². The molecule has 1 aliphatic heterocycles. The van der Waals surface area contributed by atoms with E-state index in [1.165, 1.54) is 50.8 Å². The summed E-state index contributed by atoms with van der Waals surface area (Å²) in [7, 11) is 0. The van der Waals surface area contributed by atoms with Crippen LogP contribution >= 0.6 is 0 Å². The van der Waals surface area contributed by atoms with Gasteiger partial charge in [0.2, 0.25) is 0 Å². The van der Waals surface area contributed by atoms with E-state index in [4.69, 9.17) is 5.73 Å². The lowest BCUT2D eigenvalue weighted by Crippen LogP contribution is -2.43. The van der Waals surface area contributed by atoms with Crippen molar-refractivity contribution in [3.63, 3.8) is 0 Å². The Morgan fingerprint density at radius 1 is 1.24 bits per heavy atom. The summed E-state index contributed by atoms with van der Waals surface area (Å²) in [6.45, 7) is 7.92. The Bertz CT molecular complexity index is 470. The summed E-state index contributed by atoms with van der Waals surface area (Å²) in [5.74, 6) is 0.806. The van der Waals surface area contributed by atoms with Crippen molar-refractivity contribution in [1.82, 2.24) is 4.90 Å². The average Bonchev–Trinajstić information content (AvgIpc) is 3.35. The van der Waals surface area contributed by atoms with Crippen LogP contribution in [0.15, 0.2) is 24.3 Å². The van der Waals surface area contributed by atoms with Crippen LogP contribution in [0.25, 0.3) is 0 Å². The maximum Gasteiger partial charge on any atom is 0.0473 e. The minimum atomic E-state index is 0.420. The van der Waals surface area contributed by atoms with E-state index in [0.29, 0.717) is 11.5 Å². The van der Waals surface area contributed by atoms with Gasteiger partial charge >= 0.3 is 0 Å². The molecule has 2 heteroatoms. The van der Waals surface area contributed by atoms with Gasteiger partial charge in [0.15, 0.2) is 0 Å². The quantitative estimate of drug-likeness (QED) is 0.884. The zero-order chi connectivity index (χ0) is 14.9. The third-order valence-corrected chi connectivity index (χ3v) is 5.89. The zero-order valence-corrected chi connectivity index (χ0v) is 13.6. The third-order valence-electron chi connectivity index (χ3n) is 5.89. The van der Waals surface area contributed by atoms with E-state index in [1.807, 2.05) is 0 Å². The largest absolute Gasteiger partial charge is 0.329 e. The Morgan fingerprint density at radius 2 is 1.90 bits per heavy atom. The second-order valence-corrected chi connectivity index (χ2v) is 7.35. The number of piperidine rings is 1. The maximum absolute atomic E-state index is 6.18. The van der Waals surface area contributed by atoms with E-state index in [0.717, 1.165) is 12.5 Å². The fraction of sp³-hybridized carbons (Fsp3) is 0.684. The second kappa shape index (κ2) is 6.10. The highest BCUT2D eigenvalue weighted by atomic mass is 15.2. The monoisotopic (exact) mass is 286 g/mol. The highest BCUT2D eigenvalue weighted by Crippen LogP contribution is 2.44. The lowest BCUT2D eigenvalue weighted by molar-refractivity contribution is 0.0826. The molecule has 116 valence electrons. The molecular weight excluding hydrogens is 256 g/mol. The van der Waals surface area contributed by atoms with Crippen molar-refractivity contribution in [1.29, 1.82) is 0 Å². The number of nitrogens with two attached hydrogens (primary N) is 1. The van der Waals surface area contributed by atoms with Gasteiger partial charge in [-0.05, 0) is 61.2 Å². The van der Waals surface area contributed by atoms with Crippen molar-refractivity contribution in [2.45, 2.75) is 57.9 Å². The first kappa shape index (κ1) is 15.1. The van der Waals surface area contributed by atoms with E-state index in [2.05, 4.69) is 43.0 Å². The molecule has 0 bridgehead atoms. The Kier molecular flexibility index (Phi) is 4.37. The molecule has 1 aromatic rings. The third kappa shape index (κ3) is 3.17. The van der Waals surface area contributed by atoms with Crippen molar-refractivity contribution in [3.05, 3.63) is 35.4 Å². The lowest BCUT2D eigenvalue weighted by Gasteiger charge is -2.42. The normalized spacial score (nSPS) is 24.0. The van der Waals surface area contributed by atoms with Gasteiger partial charge in [-0.15, -0.1) is 0 Å². The fourth-order valence-electron chi connectivity index (χ4n) is 3.78. The van der Waals surface area contributed by atoms with E-state index in [-0.39, 0.29) is 0 Å². The zero-order valence-electron chi connectivity index (χ0n) is 13.6. The van der Waals surface area contributed by atoms with Gasteiger partial charge in [0.25, 0.3) is 0 Å². The predicted octanol–water partition coefficient (Wildman–Crippen LogP) is 4.08. The number of hydrogen-bond acceptors (Lipinski definition) is 2. The molecule has 2 aliphatic rings. The molecule has 2 N–H and O–H groups in total. The minimum Gasteiger partial charge on any atom is -0.329 e. The summed E-state index contributed by atoms with van der Waals surface area (Å²) < 4.78 is 0. The van der Waals surface area contributed by atoms with Crippen LogP contribution in [0.3, 0.4) is 0 Å². The van der Waals surface area contributed by atoms with Crippen LogP contribution in [-0.2, 0) is 0 Å². The highest BCUT2D eigenvalue weighted by molar-refractivity contribution is 5.36. The molecule has 0 radical (unpaired) electrons. The minimum absolute atomic E-state index is 0.420. The second-order valence-electron chi connectivity index (χ2n) is 7.35. The van der Waals surface area contributed by atoms with Gasteiger partial charge in [0, 0.05) is 12.6 Å². The van der Waals surface area contributed by atoms with Gasteiger partial charge in [-0.25, -0.2) is 0 Å². The van der Waals surface area contributed by atoms with E-state index in [9.17, 15) is 0 Å². The highest BCUT2D eigenvalue weighted by Gasteiger charge is 2.34. The Hall–Kier alpha value is -0.860. The summed E-state index contributed by atoms with van der Waals surface area (Å²) in [5, 5.41) is 0. The Labute approximate surface area is 129 Å². The van der Waals surface area contributed by atoms with Crippen LogP contribution in [0.5, 0.6) is 0 Å². The smallest absolute Gasteiger partial charge is 0.0473 e. The number of rotatable bonds is 5. The molecule has 1 saturated carbocycles. The predicted molar refractivity (Wildman–Crippen MR) is 89.4 cm³/mol. The average molecular weight is 286 g/mol. The van der Waals surface area contributed by atoms with Crippen LogP contribution in [0.2, 0.25) is 0 Å². The summed E-state index contributed by atoms with van der Waals surface area (Å²) in [4.78, 5) is 2.64. The van der Waals surface area contributed by atoms with Crippen molar-refractivity contribution < 1.29 is 0 Å². The van der Waals surface area contributed by atoms with Crippen LogP contribution in [0.4, 0.5) is 0 Å². The van der Waals surface area contributed by atoms with Crippen LogP contribution in [-0.4, -0.2) is 24.5 Å². The lowest BCUT2D eigenvalue weighted by atomic mass is 9.77. The summed E-state index contributed by atoms with van der Waals surface area (Å²) in [6, 6.07) is 9.44. The van der Waals surface area contributed by atoms with Gasteiger partial charge in [0.05, 0.1) is 0 Å². The number of likely N-dealkylation sites (tertiary alicyclic amines) is 1. The number of hydrogen-bond donors (Lipinski definition) is 1. The van der Waals surface area contributed by atoms with E-state index >= 15 is 0 Å². The Morgan fingerprint density at radius 3 is 2.48 bits per heavy atom. The fourth-order valence-corrected chi connectivity index (χ4v) is 3.78. The topological polar surface area (TPSA) is 29.3 Å². The molecule has 3 rings (SSSR count). The van der Waals surface area contributed by atoms with E-state index < -0.39 is 0 Å². The standard InChI is InChI=1S/C19H30N2/c1-3-19(2)10-12-21(13-11-19)18(14-20)17-7-5-4-6-16(17)15-8-9-15/h4-7,15,18H,3,8-14,20H2,1-2H3. The molecule has 1 aliphatic carbocycles. The molecule has 2 fully saturated rings. The van der Waals surface area contributed by atoms with Crippen molar-refractivity contribution in [2.24, 2.45) is 11.1 Å². The summed E-state index contributed by atoms with van der Waals surface area (Å²) >= 11 is 0.